The summed E-state index contributed by atoms with van der Waals surface area (Å²) in [6.07, 6.45) is 2.12. The standard InChI is InChI=1S/C23H35NO7/c1-6-7-20(21(25)27-5)18-8-10-19(11-9-18)30-17-16-29-15-14-28-13-12-24-22(26)31-23(2,3)4/h7-11H,6,12-17H2,1-5H3,(H,24,26)/b20-7-. The normalized spacial score (nSPS) is 11.7. The van der Waals surface area contributed by atoms with Crippen molar-refractivity contribution in [3.63, 3.8) is 0 Å². The maximum atomic E-state index is 11.8. The van der Waals surface area contributed by atoms with Gasteiger partial charge in [-0.1, -0.05) is 25.1 Å². The molecule has 0 aliphatic carbocycles. The number of rotatable bonds is 13. The summed E-state index contributed by atoms with van der Waals surface area (Å²) < 4.78 is 26.4. The van der Waals surface area contributed by atoms with Gasteiger partial charge in [-0.2, -0.15) is 0 Å². The first kappa shape index (κ1) is 26.5. The van der Waals surface area contributed by atoms with Crippen molar-refractivity contribution in [1.82, 2.24) is 5.32 Å². The Labute approximate surface area is 184 Å². The molecule has 1 N–H and O–H groups in total. The highest BCUT2D eigenvalue weighted by molar-refractivity contribution is 6.16. The number of methoxy groups -OCH3 is 1. The second kappa shape index (κ2) is 14.4. The van der Waals surface area contributed by atoms with E-state index in [1.54, 1.807) is 0 Å². The summed E-state index contributed by atoms with van der Waals surface area (Å²) in [6, 6.07) is 7.27. The van der Waals surface area contributed by atoms with Crippen molar-refractivity contribution in [1.29, 1.82) is 0 Å². The van der Waals surface area contributed by atoms with Crippen LogP contribution in [-0.4, -0.2) is 64.4 Å². The molecule has 0 spiro atoms. The number of carbonyl (C=O) groups is 2. The first-order valence-corrected chi connectivity index (χ1v) is 10.4. The van der Waals surface area contributed by atoms with Gasteiger partial charge < -0.3 is 29.0 Å². The second-order valence-electron chi connectivity index (χ2n) is 7.54. The minimum Gasteiger partial charge on any atom is -0.491 e. The van der Waals surface area contributed by atoms with Crippen molar-refractivity contribution in [2.45, 2.75) is 39.7 Å². The minimum absolute atomic E-state index is 0.355. The number of hydrogen-bond acceptors (Lipinski definition) is 7. The van der Waals surface area contributed by atoms with Gasteiger partial charge in [0.05, 0.1) is 39.1 Å². The Morgan fingerprint density at radius 2 is 1.58 bits per heavy atom. The molecule has 0 aromatic heterocycles. The van der Waals surface area contributed by atoms with Crippen molar-refractivity contribution in [2.75, 3.05) is 46.7 Å². The molecule has 0 saturated heterocycles. The van der Waals surface area contributed by atoms with Crippen LogP contribution in [0, 0.1) is 0 Å². The number of alkyl carbamates (subject to hydrolysis) is 1. The zero-order valence-electron chi connectivity index (χ0n) is 19.2. The monoisotopic (exact) mass is 437 g/mol. The van der Waals surface area contributed by atoms with Crippen molar-refractivity contribution in [3.05, 3.63) is 35.9 Å². The zero-order chi connectivity index (χ0) is 23.1. The summed E-state index contributed by atoms with van der Waals surface area (Å²) in [5.41, 5.74) is 0.817. The summed E-state index contributed by atoms with van der Waals surface area (Å²) in [5.74, 6) is 0.337. The number of allylic oxidation sites excluding steroid dienone is 1. The van der Waals surface area contributed by atoms with Crippen LogP contribution in [0.5, 0.6) is 5.75 Å². The molecule has 174 valence electrons. The molecule has 0 heterocycles. The molecule has 0 aliphatic rings. The Kier molecular flexibility index (Phi) is 12.3. The van der Waals surface area contributed by atoms with Gasteiger partial charge in [0.1, 0.15) is 18.0 Å². The highest BCUT2D eigenvalue weighted by Crippen LogP contribution is 2.20. The first-order chi connectivity index (χ1) is 14.8. The van der Waals surface area contributed by atoms with E-state index in [4.69, 9.17) is 23.7 Å². The lowest BCUT2D eigenvalue weighted by Crippen LogP contribution is -2.34. The molecule has 1 aromatic rings. The number of carbonyl (C=O) groups excluding carboxylic acids is 2. The van der Waals surface area contributed by atoms with Crippen LogP contribution in [0.4, 0.5) is 4.79 Å². The number of amides is 1. The van der Waals surface area contributed by atoms with Gasteiger partial charge in [-0.15, -0.1) is 0 Å². The topological polar surface area (TPSA) is 92.3 Å². The molecule has 0 saturated carbocycles. The molecule has 31 heavy (non-hydrogen) atoms. The number of ether oxygens (including phenoxy) is 5. The van der Waals surface area contributed by atoms with Crippen LogP contribution in [0.25, 0.3) is 5.57 Å². The molecule has 0 aliphatic heterocycles. The van der Waals surface area contributed by atoms with Crippen molar-refractivity contribution < 1.29 is 33.3 Å². The molecular formula is C23H35NO7. The SMILES string of the molecule is CC/C=C(\C(=O)OC)c1ccc(OCCOCCOCCNC(=O)OC(C)(C)C)cc1. The van der Waals surface area contributed by atoms with E-state index in [9.17, 15) is 9.59 Å². The quantitative estimate of drug-likeness (QED) is 0.286. The molecule has 0 bridgehead atoms. The van der Waals surface area contributed by atoms with E-state index < -0.39 is 11.7 Å². The summed E-state index contributed by atoms with van der Waals surface area (Å²) in [4.78, 5) is 23.3. The molecule has 8 heteroatoms. The predicted molar refractivity (Wildman–Crippen MR) is 118 cm³/mol. The van der Waals surface area contributed by atoms with Gasteiger partial charge in [-0.25, -0.2) is 9.59 Å². The third-order valence-electron chi connectivity index (χ3n) is 3.76. The van der Waals surface area contributed by atoms with Crippen molar-refractivity contribution in [3.8, 4) is 5.75 Å². The number of nitrogens with one attached hydrogen (secondary N) is 1. The number of benzene rings is 1. The van der Waals surface area contributed by atoms with Crippen molar-refractivity contribution >= 4 is 17.6 Å². The molecule has 1 rings (SSSR count). The third-order valence-corrected chi connectivity index (χ3v) is 3.76. The fourth-order valence-electron chi connectivity index (χ4n) is 2.44. The van der Waals surface area contributed by atoms with E-state index in [0.717, 1.165) is 12.0 Å². The lowest BCUT2D eigenvalue weighted by atomic mass is 10.0. The molecule has 1 aromatic carbocycles. The minimum atomic E-state index is -0.513. The van der Waals surface area contributed by atoms with Crippen LogP contribution >= 0.6 is 0 Å². The predicted octanol–water partition coefficient (Wildman–Crippen LogP) is 3.59. The van der Waals surface area contributed by atoms with E-state index in [2.05, 4.69) is 5.32 Å². The van der Waals surface area contributed by atoms with E-state index in [1.807, 2.05) is 58.0 Å². The van der Waals surface area contributed by atoms with Crippen LogP contribution in [0.2, 0.25) is 0 Å². The van der Waals surface area contributed by atoms with Gasteiger partial charge in [0.25, 0.3) is 0 Å². The molecule has 1 amide bonds. The summed E-state index contributed by atoms with van der Waals surface area (Å²) in [7, 11) is 1.37. The Morgan fingerprint density at radius 1 is 0.968 bits per heavy atom. The molecule has 8 nitrogen and oxygen atoms in total. The maximum Gasteiger partial charge on any atom is 0.407 e. The van der Waals surface area contributed by atoms with Crippen LogP contribution in [0.15, 0.2) is 30.3 Å². The number of esters is 1. The highest BCUT2D eigenvalue weighted by atomic mass is 16.6. The second-order valence-corrected chi connectivity index (χ2v) is 7.54. The van der Waals surface area contributed by atoms with Gasteiger partial charge in [0.15, 0.2) is 0 Å². The number of hydrogen-bond donors (Lipinski definition) is 1. The van der Waals surface area contributed by atoms with Gasteiger partial charge in [0, 0.05) is 6.54 Å². The van der Waals surface area contributed by atoms with E-state index in [0.29, 0.717) is 50.9 Å². The van der Waals surface area contributed by atoms with E-state index in [1.165, 1.54) is 7.11 Å². The van der Waals surface area contributed by atoms with Crippen LogP contribution in [0.1, 0.15) is 39.7 Å². The molecule has 0 fully saturated rings. The fourth-order valence-corrected chi connectivity index (χ4v) is 2.44. The van der Waals surface area contributed by atoms with E-state index in [-0.39, 0.29) is 5.97 Å². The van der Waals surface area contributed by atoms with Gasteiger partial charge in [-0.05, 0) is 44.9 Å². The summed E-state index contributed by atoms with van der Waals surface area (Å²) in [6.45, 7) is 9.82. The third kappa shape index (κ3) is 12.0. The van der Waals surface area contributed by atoms with Crippen LogP contribution in [-0.2, 0) is 23.7 Å². The Bertz CT molecular complexity index is 693. The Hall–Kier alpha value is -2.58. The smallest absolute Gasteiger partial charge is 0.407 e. The van der Waals surface area contributed by atoms with Crippen LogP contribution in [0.3, 0.4) is 0 Å². The maximum absolute atomic E-state index is 11.8. The van der Waals surface area contributed by atoms with Gasteiger partial charge in [0.2, 0.25) is 0 Å². The highest BCUT2D eigenvalue weighted by Gasteiger charge is 2.15. The lowest BCUT2D eigenvalue weighted by Gasteiger charge is -2.19. The average molecular weight is 438 g/mol. The average Bonchev–Trinajstić information content (AvgIpc) is 2.72. The fraction of sp³-hybridized carbons (Fsp3) is 0.565. The van der Waals surface area contributed by atoms with Crippen LogP contribution < -0.4 is 10.1 Å². The van der Waals surface area contributed by atoms with E-state index >= 15 is 0 Å². The Balaban J connectivity index is 2.14. The summed E-state index contributed by atoms with van der Waals surface area (Å²) in [5, 5.41) is 2.62. The van der Waals surface area contributed by atoms with Crippen molar-refractivity contribution in [2.24, 2.45) is 0 Å². The molecular weight excluding hydrogens is 402 g/mol. The zero-order valence-corrected chi connectivity index (χ0v) is 19.2. The van der Waals surface area contributed by atoms with Gasteiger partial charge in [-0.3, -0.25) is 0 Å². The molecule has 0 radical (unpaired) electrons. The molecule has 0 unspecified atom stereocenters. The Morgan fingerprint density at radius 3 is 2.16 bits per heavy atom. The lowest BCUT2D eigenvalue weighted by molar-refractivity contribution is -0.133. The largest absolute Gasteiger partial charge is 0.491 e. The summed E-state index contributed by atoms with van der Waals surface area (Å²) >= 11 is 0. The first-order valence-electron chi connectivity index (χ1n) is 10.4. The van der Waals surface area contributed by atoms with Gasteiger partial charge >= 0.3 is 12.1 Å². The molecule has 0 atom stereocenters.